The van der Waals surface area contributed by atoms with Crippen LogP contribution in [-0.2, 0) is 5.41 Å². The van der Waals surface area contributed by atoms with Gasteiger partial charge in [0.05, 0.1) is 0 Å². The van der Waals surface area contributed by atoms with E-state index in [0.29, 0.717) is 5.41 Å². The van der Waals surface area contributed by atoms with Crippen molar-refractivity contribution in [2.75, 3.05) is 6.54 Å². The van der Waals surface area contributed by atoms with Gasteiger partial charge in [0.15, 0.2) is 0 Å². The van der Waals surface area contributed by atoms with E-state index < -0.39 is 0 Å². The number of nitrogens with one attached hydrogen (secondary N) is 1. The lowest BCUT2D eigenvalue weighted by Gasteiger charge is -2.40. The summed E-state index contributed by atoms with van der Waals surface area (Å²) in [6.45, 7) is 8.14. The Hall–Kier alpha value is -0.340. The van der Waals surface area contributed by atoms with Gasteiger partial charge in [-0.1, -0.05) is 13.0 Å². The maximum atomic E-state index is 3.63. The number of thiophene rings is 1. The lowest BCUT2D eigenvalue weighted by molar-refractivity contribution is 0.268. The van der Waals surface area contributed by atoms with E-state index in [-0.39, 0.29) is 5.54 Å². The summed E-state index contributed by atoms with van der Waals surface area (Å²) in [5.74, 6) is 0. The fourth-order valence-electron chi connectivity index (χ4n) is 2.85. The molecule has 1 aliphatic heterocycles. The molecule has 1 aromatic heterocycles. The molecule has 0 aliphatic carbocycles. The minimum atomic E-state index is 0.243. The summed E-state index contributed by atoms with van der Waals surface area (Å²) in [4.78, 5) is 1.55. The van der Waals surface area contributed by atoms with E-state index in [1.165, 1.54) is 12.8 Å². The Morgan fingerprint density at radius 2 is 2.29 bits per heavy atom. The Morgan fingerprint density at radius 1 is 1.50 bits per heavy atom. The van der Waals surface area contributed by atoms with Crippen LogP contribution in [0.15, 0.2) is 17.5 Å². The SMILES string of the molecule is CCC1(c2cccs2)CCNC1(C)C. The van der Waals surface area contributed by atoms with Crippen molar-refractivity contribution in [1.82, 2.24) is 5.32 Å². The van der Waals surface area contributed by atoms with Crippen LogP contribution in [0.3, 0.4) is 0 Å². The van der Waals surface area contributed by atoms with E-state index in [2.05, 4.69) is 43.6 Å². The second-order valence-electron chi connectivity index (χ2n) is 4.71. The first-order chi connectivity index (χ1) is 6.62. The number of hydrogen-bond acceptors (Lipinski definition) is 2. The van der Waals surface area contributed by atoms with Gasteiger partial charge in [-0.25, -0.2) is 0 Å². The molecule has 0 aromatic carbocycles. The quantitative estimate of drug-likeness (QED) is 0.789. The molecule has 1 saturated heterocycles. The van der Waals surface area contributed by atoms with Gasteiger partial charge in [-0.3, -0.25) is 0 Å². The van der Waals surface area contributed by atoms with E-state index in [4.69, 9.17) is 0 Å². The second-order valence-corrected chi connectivity index (χ2v) is 5.66. The highest BCUT2D eigenvalue weighted by Gasteiger charge is 2.48. The van der Waals surface area contributed by atoms with E-state index in [1.807, 2.05) is 11.3 Å². The van der Waals surface area contributed by atoms with Gasteiger partial charge in [-0.15, -0.1) is 11.3 Å². The van der Waals surface area contributed by atoms with Crippen LogP contribution in [-0.4, -0.2) is 12.1 Å². The fourth-order valence-corrected chi connectivity index (χ4v) is 4.03. The van der Waals surface area contributed by atoms with E-state index in [0.717, 1.165) is 6.54 Å². The minimum Gasteiger partial charge on any atom is -0.311 e. The third-order valence-corrected chi connectivity index (χ3v) is 4.99. The van der Waals surface area contributed by atoms with Gasteiger partial charge < -0.3 is 5.32 Å². The molecule has 1 fully saturated rings. The van der Waals surface area contributed by atoms with Gasteiger partial charge in [0.1, 0.15) is 0 Å². The average Bonchev–Trinajstić information content (AvgIpc) is 2.72. The van der Waals surface area contributed by atoms with Gasteiger partial charge in [-0.2, -0.15) is 0 Å². The first-order valence-corrected chi connectivity index (χ1v) is 6.29. The Kier molecular flexibility index (Phi) is 2.44. The molecule has 1 atom stereocenters. The fraction of sp³-hybridized carbons (Fsp3) is 0.667. The largest absolute Gasteiger partial charge is 0.311 e. The molecule has 2 heteroatoms. The van der Waals surface area contributed by atoms with Crippen LogP contribution < -0.4 is 5.32 Å². The maximum Gasteiger partial charge on any atom is 0.0233 e. The van der Waals surface area contributed by atoms with Crippen molar-refractivity contribution in [2.45, 2.75) is 44.6 Å². The smallest absolute Gasteiger partial charge is 0.0233 e. The molecular formula is C12H19NS. The predicted octanol–water partition coefficient (Wildman–Crippen LogP) is 3.17. The molecule has 0 saturated carbocycles. The first-order valence-electron chi connectivity index (χ1n) is 5.41. The van der Waals surface area contributed by atoms with Crippen molar-refractivity contribution in [1.29, 1.82) is 0 Å². The summed E-state index contributed by atoms with van der Waals surface area (Å²) in [7, 11) is 0. The summed E-state index contributed by atoms with van der Waals surface area (Å²) in [5, 5.41) is 5.83. The molecule has 1 aromatic rings. The Bertz CT molecular complexity index is 302. The molecule has 2 heterocycles. The van der Waals surface area contributed by atoms with Gasteiger partial charge >= 0.3 is 0 Å². The topological polar surface area (TPSA) is 12.0 Å². The summed E-state index contributed by atoms with van der Waals surface area (Å²) >= 11 is 1.91. The molecule has 1 nitrogen and oxygen atoms in total. The highest BCUT2D eigenvalue weighted by atomic mass is 32.1. The number of hydrogen-bond donors (Lipinski definition) is 1. The minimum absolute atomic E-state index is 0.243. The summed E-state index contributed by atoms with van der Waals surface area (Å²) in [6, 6.07) is 4.47. The van der Waals surface area contributed by atoms with Crippen LogP contribution in [0.2, 0.25) is 0 Å². The number of rotatable bonds is 2. The van der Waals surface area contributed by atoms with Crippen LogP contribution in [0.5, 0.6) is 0 Å². The molecule has 14 heavy (non-hydrogen) atoms. The lowest BCUT2D eigenvalue weighted by Crippen LogP contribution is -2.48. The van der Waals surface area contributed by atoms with Crippen molar-refractivity contribution in [3.8, 4) is 0 Å². The summed E-state index contributed by atoms with van der Waals surface area (Å²) in [5.41, 5.74) is 0.605. The van der Waals surface area contributed by atoms with Crippen LogP contribution in [0.1, 0.15) is 38.5 Å². The zero-order chi connectivity index (χ0) is 10.2. The Morgan fingerprint density at radius 3 is 2.71 bits per heavy atom. The zero-order valence-corrected chi connectivity index (χ0v) is 10.1. The highest BCUT2D eigenvalue weighted by molar-refractivity contribution is 7.10. The van der Waals surface area contributed by atoms with Crippen molar-refractivity contribution in [3.63, 3.8) is 0 Å². The molecule has 0 amide bonds. The zero-order valence-electron chi connectivity index (χ0n) is 9.26. The molecule has 1 unspecified atom stereocenters. The summed E-state index contributed by atoms with van der Waals surface area (Å²) in [6.07, 6.45) is 2.50. The highest BCUT2D eigenvalue weighted by Crippen LogP contribution is 2.46. The van der Waals surface area contributed by atoms with Crippen LogP contribution in [0.4, 0.5) is 0 Å². The molecule has 0 radical (unpaired) electrons. The Balaban J connectivity index is 2.44. The molecular weight excluding hydrogens is 190 g/mol. The standard InChI is InChI=1S/C12H19NS/c1-4-12(10-6-5-9-14-10)7-8-13-11(12,2)3/h5-6,9,13H,4,7-8H2,1-3H3. The Labute approximate surface area is 90.5 Å². The maximum absolute atomic E-state index is 3.63. The van der Waals surface area contributed by atoms with Crippen molar-refractivity contribution in [3.05, 3.63) is 22.4 Å². The third-order valence-electron chi connectivity index (χ3n) is 3.91. The monoisotopic (exact) mass is 209 g/mol. The van der Waals surface area contributed by atoms with Crippen molar-refractivity contribution >= 4 is 11.3 Å². The molecule has 0 bridgehead atoms. The van der Waals surface area contributed by atoms with Gasteiger partial charge in [-0.05, 0) is 44.7 Å². The van der Waals surface area contributed by atoms with Crippen LogP contribution in [0.25, 0.3) is 0 Å². The third kappa shape index (κ3) is 1.24. The molecule has 2 rings (SSSR count). The van der Waals surface area contributed by atoms with E-state index >= 15 is 0 Å². The normalized spacial score (nSPS) is 30.8. The molecule has 1 N–H and O–H groups in total. The summed E-state index contributed by atoms with van der Waals surface area (Å²) < 4.78 is 0. The van der Waals surface area contributed by atoms with Crippen molar-refractivity contribution in [2.24, 2.45) is 0 Å². The van der Waals surface area contributed by atoms with Gasteiger partial charge in [0.25, 0.3) is 0 Å². The van der Waals surface area contributed by atoms with Crippen molar-refractivity contribution < 1.29 is 0 Å². The van der Waals surface area contributed by atoms with E-state index in [1.54, 1.807) is 4.88 Å². The molecule has 0 spiro atoms. The predicted molar refractivity (Wildman–Crippen MR) is 63.0 cm³/mol. The molecule has 1 aliphatic rings. The van der Waals surface area contributed by atoms with Gasteiger partial charge in [0.2, 0.25) is 0 Å². The lowest BCUT2D eigenvalue weighted by atomic mass is 9.69. The van der Waals surface area contributed by atoms with Crippen LogP contribution in [0, 0.1) is 0 Å². The first kappa shape index (κ1) is 10.2. The van der Waals surface area contributed by atoms with E-state index in [9.17, 15) is 0 Å². The average molecular weight is 209 g/mol. The molecule has 78 valence electrons. The second kappa shape index (κ2) is 3.35. The van der Waals surface area contributed by atoms with Gasteiger partial charge in [0, 0.05) is 15.8 Å². The van der Waals surface area contributed by atoms with Crippen LogP contribution >= 0.6 is 11.3 Å².